The zero-order chi connectivity index (χ0) is 13.8. The van der Waals surface area contributed by atoms with E-state index >= 15 is 0 Å². The van der Waals surface area contributed by atoms with Gasteiger partial charge in [-0.15, -0.1) is 0 Å². The van der Waals surface area contributed by atoms with Crippen molar-refractivity contribution in [1.29, 1.82) is 0 Å². The Morgan fingerprint density at radius 2 is 2.26 bits per heavy atom. The summed E-state index contributed by atoms with van der Waals surface area (Å²) in [6.45, 7) is 2.30. The first-order valence-electron chi connectivity index (χ1n) is 6.18. The average molecular weight is 265 g/mol. The SMILES string of the molecule is CCOC(=O)CC(O)Cn1ccc2cc(F)ccc21. The summed E-state index contributed by atoms with van der Waals surface area (Å²) in [6.07, 6.45) is 0.896. The molecule has 1 atom stereocenters. The zero-order valence-electron chi connectivity index (χ0n) is 10.7. The summed E-state index contributed by atoms with van der Waals surface area (Å²) in [5, 5.41) is 10.6. The fraction of sp³-hybridized carbons (Fsp3) is 0.357. The molecule has 0 fully saturated rings. The first-order chi connectivity index (χ1) is 9.10. The maximum absolute atomic E-state index is 13.0. The Kier molecular flexibility index (Phi) is 4.16. The lowest BCUT2D eigenvalue weighted by molar-refractivity contribution is -0.145. The third-order valence-corrected chi connectivity index (χ3v) is 2.85. The minimum atomic E-state index is -0.820. The number of carbonyl (C=O) groups is 1. The summed E-state index contributed by atoms with van der Waals surface area (Å²) in [4.78, 5) is 11.2. The van der Waals surface area contributed by atoms with Crippen LogP contribution in [0.5, 0.6) is 0 Å². The summed E-state index contributed by atoms with van der Waals surface area (Å²) in [6, 6.07) is 6.23. The van der Waals surface area contributed by atoms with Crippen molar-refractivity contribution >= 4 is 16.9 Å². The second kappa shape index (κ2) is 5.84. The number of aromatic nitrogens is 1. The van der Waals surface area contributed by atoms with E-state index in [1.54, 1.807) is 29.8 Å². The topological polar surface area (TPSA) is 51.5 Å². The van der Waals surface area contributed by atoms with Crippen LogP contribution in [0.2, 0.25) is 0 Å². The van der Waals surface area contributed by atoms with Crippen molar-refractivity contribution in [1.82, 2.24) is 4.57 Å². The number of hydrogen-bond donors (Lipinski definition) is 1. The lowest BCUT2D eigenvalue weighted by Crippen LogP contribution is -2.20. The number of carbonyl (C=O) groups excluding carboxylic acids is 1. The molecule has 2 rings (SSSR count). The third-order valence-electron chi connectivity index (χ3n) is 2.85. The fourth-order valence-corrected chi connectivity index (χ4v) is 2.03. The van der Waals surface area contributed by atoms with E-state index in [0.29, 0.717) is 6.61 Å². The molecule has 1 unspecified atom stereocenters. The smallest absolute Gasteiger partial charge is 0.308 e. The Bertz CT molecular complexity index is 579. The molecule has 0 saturated carbocycles. The van der Waals surface area contributed by atoms with Crippen molar-refractivity contribution in [3.63, 3.8) is 0 Å². The van der Waals surface area contributed by atoms with Crippen LogP contribution < -0.4 is 0 Å². The van der Waals surface area contributed by atoms with Gasteiger partial charge < -0.3 is 14.4 Å². The van der Waals surface area contributed by atoms with E-state index in [-0.39, 0.29) is 18.8 Å². The molecule has 0 amide bonds. The van der Waals surface area contributed by atoms with Crippen molar-refractivity contribution in [3.8, 4) is 0 Å². The molecule has 0 saturated heterocycles. The lowest BCUT2D eigenvalue weighted by Gasteiger charge is -2.12. The van der Waals surface area contributed by atoms with Crippen LogP contribution in [0.4, 0.5) is 4.39 Å². The van der Waals surface area contributed by atoms with Gasteiger partial charge in [0.15, 0.2) is 0 Å². The summed E-state index contributed by atoms with van der Waals surface area (Å²) in [5.41, 5.74) is 0.823. The lowest BCUT2D eigenvalue weighted by atomic mass is 10.2. The van der Waals surface area contributed by atoms with Gasteiger partial charge in [-0.05, 0) is 31.2 Å². The molecule has 19 heavy (non-hydrogen) atoms. The number of fused-ring (bicyclic) bond motifs is 1. The number of hydrogen-bond acceptors (Lipinski definition) is 3. The molecule has 4 nitrogen and oxygen atoms in total. The van der Waals surface area contributed by atoms with E-state index in [1.165, 1.54) is 12.1 Å². The number of nitrogens with zero attached hydrogens (tertiary/aromatic N) is 1. The van der Waals surface area contributed by atoms with Crippen molar-refractivity contribution < 1.29 is 19.0 Å². The Labute approximate surface area is 110 Å². The van der Waals surface area contributed by atoms with Gasteiger partial charge in [-0.3, -0.25) is 4.79 Å². The Balaban J connectivity index is 2.07. The molecular formula is C14H16FNO3. The number of aliphatic hydroxyl groups excluding tert-OH is 1. The van der Waals surface area contributed by atoms with E-state index < -0.39 is 12.1 Å². The van der Waals surface area contributed by atoms with E-state index in [2.05, 4.69) is 0 Å². The van der Waals surface area contributed by atoms with Gasteiger partial charge in [-0.25, -0.2) is 4.39 Å². The van der Waals surface area contributed by atoms with Crippen LogP contribution in [0.15, 0.2) is 30.5 Å². The predicted molar refractivity (Wildman–Crippen MR) is 69.2 cm³/mol. The standard InChI is InChI=1S/C14H16FNO3/c1-2-19-14(18)8-12(17)9-16-6-5-10-7-11(15)3-4-13(10)16/h3-7,12,17H,2,8-9H2,1H3. The van der Waals surface area contributed by atoms with Gasteiger partial charge in [-0.2, -0.15) is 0 Å². The first-order valence-corrected chi connectivity index (χ1v) is 6.18. The van der Waals surface area contributed by atoms with Crippen molar-refractivity contribution in [2.24, 2.45) is 0 Å². The third kappa shape index (κ3) is 3.32. The molecule has 1 aromatic carbocycles. The van der Waals surface area contributed by atoms with E-state index in [4.69, 9.17) is 4.74 Å². The minimum Gasteiger partial charge on any atom is -0.466 e. The summed E-state index contributed by atoms with van der Waals surface area (Å²) in [5.74, 6) is -0.713. The van der Waals surface area contributed by atoms with Crippen LogP contribution in [0.1, 0.15) is 13.3 Å². The number of benzene rings is 1. The number of aliphatic hydroxyl groups is 1. The molecule has 0 bridgehead atoms. The summed E-state index contributed by atoms with van der Waals surface area (Å²) >= 11 is 0. The van der Waals surface area contributed by atoms with Crippen LogP contribution in [0.3, 0.4) is 0 Å². The highest BCUT2D eigenvalue weighted by atomic mass is 19.1. The molecular weight excluding hydrogens is 249 g/mol. The highest BCUT2D eigenvalue weighted by Crippen LogP contribution is 2.17. The Hall–Kier alpha value is -1.88. The van der Waals surface area contributed by atoms with Gasteiger partial charge >= 0.3 is 5.97 Å². The fourth-order valence-electron chi connectivity index (χ4n) is 2.03. The van der Waals surface area contributed by atoms with Crippen LogP contribution in [0, 0.1) is 5.82 Å². The van der Waals surface area contributed by atoms with Gasteiger partial charge in [-0.1, -0.05) is 0 Å². The maximum Gasteiger partial charge on any atom is 0.308 e. The van der Waals surface area contributed by atoms with Crippen LogP contribution in [-0.4, -0.2) is 28.4 Å². The van der Waals surface area contributed by atoms with Crippen LogP contribution in [-0.2, 0) is 16.1 Å². The number of rotatable bonds is 5. The summed E-state index contributed by atoms with van der Waals surface area (Å²) < 4.78 is 19.6. The van der Waals surface area contributed by atoms with Gasteiger partial charge in [0.1, 0.15) is 5.82 Å². The largest absolute Gasteiger partial charge is 0.466 e. The van der Waals surface area contributed by atoms with Crippen molar-refractivity contribution in [2.75, 3.05) is 6.61 Å². The van der Waals surface area contributed by atoms with Crippen molar-refractivity contribution in [3.05, 3.63) is 36.3 Å². The van der Waals surface area contributed by atoms with Gasteiger partial charge in [0, 0.05) is 23.6 Å². The Morgan fingerprint density at radius 3 is 3.00 bits per heavy atom. The Morgan fingerprint density at radius 1 is 1.47 bits per heavy atom. The molecule has 5 heteroatoms. The van der Waals surface area contributed by atoms with E-state index in [0.717, 1.165) is 10.9 Å². The molecule has 2 aromatic rings. The van der Waals surface area contributed by atoms with E-state index in [9.17, 15) is 14.3 Å². The molecule has 1 N–H and O–H groups in total. The van der Waals surface area contributed by atoms with Crippen molar-refractivity contribution in [2.45, 2.75) is 26.0 Å². The predicted octanol–water partition coefficient (Wildman–Crippen LogP) is 2.09. The van der Waals surface area contributed by atoms with E-state index in [1.807, 2.05) is 0 Å². The number of halogens is 1. The monoisotopic (exact) mass is 265 g/mol. The zero-order valence-corrected chi connectivity index (χ0v) is 10.7. The normalized spacial score (nSPS) is 12.6. The molecule has 102 valence electrons. The molecule has 1 heterocycles. The average Bonchev–Trinajstić information content (AvgIpc) is 2.71. The van der Waals surface area contributed by atoms with Gasteiger partial charge in [0.05, 0.1) is 19.1 Å². The molecule has 1 aromatic heterocycles. The molecule has 0 aliphatic heterocycles. The highest BCUT2D eigenvalue weighted by Gasteiger charge is 2.13. The molecule has 0 aliphatic rings. The molecule has 0 spiro atoms. The number of esters is 1. The highest BCUT2D eigenvalue weighted by molar-refractivity contribution is 5.80. The summed E-state index contributed by atoms with van der Waals surface area (Å²) in [7, 11) is 0. The molecule has 0 radical (unpaired) electrons. The minimum absolute atomic E-state index is 0.0469. The maximum atomic E-state index is 13.0. The van der Waals surface area contributed by atoms with Gasteiger partial charge in [0.2, 0.25) is 0 Å². The molecule has 0 aliphatic carbocycles. The van der Waals surface area contributed by atoms with Crippen LogP contribution >= 0.6 is 0 Å². The van der Waals surface area contributed by atoms with Crippen LogP contribution in [0.25, 0.3) is 10.9 Å². The quantitative estimate of drug-likeness (QED) is 0.842. The van der Waals surface area contributed by atoms with Gasteiger partial charge in [0.25, 0.3) is 0 Å². The number of ether oxygens (including phenoxy) is 1. The first kappa shape index (κ1) is 13.5. The second-order valence-electron chi connectivity index (χ2n) is 4.33. The second-order valence-corrected chi connectivity index (χ2v) is 4.33.